The van der Waals surface area contributed by atoms with Crippen LogP contribution in [0, 0.1) is 12.0 Å². The highest BCUT2D eigenvalue weighted by Gasteiger charge is 1.64. The number of hydrazine groups is 1. The summed E-state index contributed by atoms with van der Waals surface area (Å²) in [6, 6.07) is 2.50. The van der Waals surface area contributed by atoms with Gasteiger partial charge in [0.1, 0.15) is 6.26 Å². The van der Waals surface area contributed by atoms with E-state index in [2.05, 4.69) is 34.4 Å². The molecule has 0 spiro atoms. The van der Waals surface area contributed by atoms with Gasteiger partial charge in [0.25, 0.3) is 0 Å². The van der Waals surface area contributed by atoms with Crippen LogP contribution in [0.15, 0.2) is 12.8 Å². The molecular weight excluding hydrogens is 104 g/mol. The fourth-order valence-electron chi connectivity index (χ4n) is 0.159. The van der Waals surface area contributed by atoms with Gasteiger partial charge in [-0.1, -0.05) is 18.1 Å². The number of nitrogens with one attached hydrogen (secondary N) is 2. The molecule has 0 unspecified atom stereocenters. The number of hydrogen-bond donors (Lipinski definition) is 2. The Morgan fingerprint density at radius 1 is 1.75 bits per heavy atom. The van der Waals surface area contributed by atoms with Crippen molar-refractivity contribution >= 4 is 0 Å². The van der Waals surface area contributed by atoms with E-state index in [9.17, 15) is 0 Å². The molecular formula is C5H8N2O. The summed E-state index contributed by atoms with van der Waals surface area (Å²) in [5.41, 5.74) is 4.73. The van der Waals surface area contributed by atoms with Gasteiger partial charge in [0.2, 0.25) is 0 Å². The molecule has 0 aliphatic rings. The van der Waals surface area contributed by atoms with E-state index in [-0.39, 0.29) is 0 Å². The van der Waals surface area contributed by atoms with Gasteiger partial charge in [-0.3, -0.25) is 0 Å². The Balaban J connectivity index is 2.89. The normalized spacial score (nSPS) is 6.12. The molecule has 0 fully saturated rings. The first-order valence-corrected chi connectivity index (χ1v) is 2.10. The Bertz CT molecular complexity index is 111. The SMILES string of the molecule is C=CONNC#CC. The minimum atomic E-state index is 1.25. The lowest BCUT2D eigenvalue weighted by Crippen LogP contribution is -2.24. The summed E-state index contributed by atoms with van der Waals surface area (Å²) in [4.78, 5) is 4.44. The molecule has 2 N–H and O–H groups in total. The minimum Gasteiger partial charge on any atom is -0.397 e. The molecule has 0 aliphatic carbocycles. The molecule has 0 heterocycles. The van der Waals surface area contributed by atoms with Crippen molar-refractivity contribution in [3.63, 3.8) is 0 Å². The van der Waals surface area contributed by atoms with Crippen LogP contribution in [0.25, 0.3) is 0 Å². The average molecular weight is 112 g/mol. The highest BCUT2D eigenvalue weighted by Crippen LogP contribution is 1.55. The standard InChI is InChI=1S/C5H8N2O/c1-3-5-6-7-8-4-2/h4,6-7H,2H2,1H3. The molecule has 0 aromatic rings. The first kappa shape index (κ1) is 6.86. The molecule has 3 heteroatoms. The Morgan fingerprint density at radius 3 is 3.00 bits per heavy atom. The molecule has 0 saturated carbocycles. The number of rotatable bonds is 3. The highest BCUT2D eigenvalue weighted by molar-refractivity contribution is 4.89. The van der Waals surface area contributed by atoms with Gasteiger partial charge in [0, 0.05) is 6.04 Å². The van der Waals surface area contributed by atoms with E-state index in [1.165, 1.54) is 6.26 Å². The van der Waals surface area contributed by atoms with Crippen LogP contribution in [0.3, 0.4) is 0 Å². The van der Waals surface area contributed by atoms with Gasteiger partial charge < -0.3 is 4.84 Å². The van der Waals surface area contributed by atoms with Crippen LogP contribution < -0.4 is 11.0 Å². The van der Waals surface area contributed by atoms with Crippen molar-refractivity contribution in [3.8, 4) is 12.0 Å². The van der Waals surface area contributed by atoms with Crippen LogP contribution in [-0.2, 0) is 4.84 Å². The monoisotopic (exact) mass is 112 g/mol. The van der Waals surface area contributed by atoms with Gasteiger partial charge in [0.15, 0.2) is 0 Å². The van der Waals surface area contributed by atoms with Crippen LogP contribution in [-0.4, -0.2) is 0 Å². The summed E-state index contributed by atoms with van der Waals surface area (Å²) in [5.74, 6) is 2.59. The van der Waals surface area contributed by atoms with Gasteiger partial charge in [-0.25, -0.2) is 5.43 Å². The van der Waals surface area contributed by atoms with Crippen molar-refractivity contribution in [2.24, 2.45) is 0 Å². The molecule has 44 valence electrons. The fraction of sp³-hybridized carbons (Fsp3) is 0.200. The topological polar surface area (TPSA) is 33.3 Å². The van der Waals surface area contributed by atoms with Crippen LogP contribution >= 0.6 is 0 Å². The zero-order valence-corrected chi connectivity index (χ0v) is 4.69. The lowest BCUT2D eigenvalue weighted by molar-refractivity contribution is 0.113. The number of hydrogen-bond acceptors (Lipinski definition) is 3. The second-order valence-electron chi connectivity index (χ2n) is 0.887. The molecule has 0 bridgehead atoms. The smallest absolute Gasteiger partial charge is 0.106 e. The molecule has 0 aromatic carbocycles. The van der Waals surface area contributed by atoms with Gasteiger partial charge >= 0.3 is 0 Å². The predicted molar refractivity (Wildman–Crippen MR) is 31.0 cm³/mol. The summed E-state index contributed by atoms with van der Waals surface area (Å²) in [6.07, 6.45) is 1.25. The third-order valence-corrected chi connectivity index (χ3v) is 0.381. The maximum absolute atomic E-state index is 4.44. The van der Waals surface area contributed by atoms with Gasteiger partial charge in [-0.05, 0) is 6.92 Å². The zero-order chi connectivity index (χ0) is 6.24. The molecule has 8 heavy (non-hydrogen) atoms. The predicted octanol–water partition coefficient (Wildman–Crippen LogP) is 0.136. The van der Waals surface area contributed by atoms with Gasteiger partial charge in [-0.15, -0.1) is 0 Å². The summed E-state index contributed by atoms with van der Waals surface area (Å²) < 4.78 is 0. The molecule has 0 aromatic heterocycles. The van der Waals surface area contributed by atoms with E-state index in [4.69, 9.17) is 0 Å². The highest BCUT2D eigenvalue weighted by atomic mass is 16.7. The van der Waals surface area contributed by atoms with Crippen LogP contribution in [0.2, 0.25) is 0 Å². The van der Waals surface area contributed by atoms with Crippen molar-refractivity contribution in [2.45, 2.75) is 6.92 Å². The first-order chi connectivity index (χ1) is 3.91. The summed E-state index contributed by atoms with van der Waals surface area (Å²) in [5, 5.41) is 0. The molecule has 3 nitrogen and oxygen atoms in total. The second-order valence-corrected chi connectivity index (χ2v) is 0.887. The Hall–Kier alpha value is -1.14. The summed E-state index contributed by atoms with van der Waals surface area (Å²) in [6.45, 7) is 5.00. The third-order valence-electron chi connectivity index (χ3n) is 0.381. The fourth-order valence-corrected chi connectivity index (χ4v) is 0.159. The van der Waals surface area contributed by atoms with Gasteiger partial charge in [0.05, 0.1) is 0 Å². The molecule has 0 saturated heterocycles. The van der Waals surface area contributed by atoms with E-state index in [1.54, 1.807) is 6.92 Å². The van der Waals surface area contributed by atoms with Gasteiger partial charge in [-0.2, -0.15) is 0 Å². The van der Waals surface area contributed by atoms with E-state index in [0.717, 1.165) is 0 Å². The summed E-state index contributed by atoms with van der Waals surface area (Å²) >= 11 is 0. The van der Waals surface area contributed by atoms with E-state index in [1.807, 2.05) is 0 Å². The summed E-state index contributed by atoms with van der Waals surface area (Å²) in [7, 11) is 0. The maximum atomic E-state index is 4.44. The molecule has 0 aliphatic heterocycles. The molecule has 0 atom stereocenters. The minimum absolute atomic E-state index is 1.25. The Morgan fingerprint density at radius 2 is 2.50 bits per heavy atom. The van der Waals surface area contributed by atoms with E-state index in [0.29, 0.717) is 0 Å². The Labute approximate surface area is 48.6 Å². The lowest BCUT2D eigenvalue weighted by atomic mass is 10.8. The first-order valence-electron chi connectivity index (χ1n) is 2.10. The van der Waals surface area contributed by atoms with Crippen molar-refractivity contribution in [3.05, 3.63) is 12.8 Å². The average Bonchev–Trinajstić information content (AvgIpc) is 1.81. The third kappa shape index (κ3) is 4.86. The van der Waals surface area contributed by atoms with Crippen LogP contribution in [0.4, 0.5) is 0 Å². The largest absolute Gasteiger partial charge is 0.397 e. The van der Waals surface area contributed by atoms with Crippen LogP contribution in [0.5, 0.6) is 0 Å². The lowest BCUT2D eigenvalue weighted by Gasteiger charge is -1.95. The van der Waals surface area contributed by atoms with Crippen LogP contribution in [0.1, 0.15) is 6.92 Å². The van der Waals surface area contributed by atoms with E-state index >= 15 is 0 Å². The van der Waals surface area contributed by atoms with E-state index < -0.39 is 0 Å². The van der Waals surface area contributed by atoms with Crippen molar-refractivity contribution < 1.29 is 4.84 Å². The molecule has 0 rings (SSSR count). The van der Waals surface area contributed by atoms with Crippen molar-refractivity contribution in [1.82, 2.24) is 11.0 Å². The Kier molecular flexibility index (Phi) is 5.02. The maximum Gasteiger partial charge on any atom is 0.106 e. The van der Waals surface area contributed by atoms with Crippen molar-refractivity contribution in [2.75, 3.05) is 0 Å². The van der Waals surface area contributed by atoms with Crippen molar-refractivity contribution in [1.29, 1.82) is 0 Å². The second kappa shape index (κ2) is 5.86. The zero-order valence-electron chi connectivity index (χ0n) is 4.69. The molecule has 0 radical (unpaired) electrons. The quantitative estimate of drug-likeness (QED) is 0.179. The molecule has 0 amide bonds.